The molecule has 2 atom stereocenters. The Hall–Kier alpha value is -0.773. The Kier molecular flexibility index (Phi) is 9.71. The summed E-state index contributed by atoms with van der Waals surface area (Å²) >= 11 is 0. The summed E-state index contributed by atoms with van der Waals surface area (Å²) < 4.78 is 25.1. The molecule has 1 heterocycles. The molecule has 0 spiro atoms. The molecule has 140 valence electrons. The summed E-state index contributed by atoms with van der Waals surface area (Å²) in [4.78, 5) is 4.21. The average Bonchev–Trinajstić information content (AvgIpc) is 2.95. The minimum atomic E-state index is -2.87. The number of ether oxygens (including phenoxy) is 1. The molecule has 1 aromatic rings. The van der Waals surface area contributed by atoms with E-state index in [1.165, 1.54) is 0 Å². The van der Waals surface area contributed by atoms with Gasteiger partial charge in [0.2, 0.25) is 0 Å². The highest BCUT2D eigenvalue weighted by Crippen LogP contribution is 2.20. The van der Waals surface area contributed by atoms with E-state index in [9.17, 15) is 5.11 Å². The number of hydrogen-bond acceptors (Lipinski definition) is 6. The number of imidazole rings is 1. The maximum atomic E-state index is 10.4. The second-order valence-electron chi connectivity index (χ2n) is 5.50. The number of nitrogens with zero attached hydrogens (tertiary/aromatic N) is 2. The fourth-order valence-electron chi connectivity index (χ4n) is 2.54. The lowest BCUT2D eigenvalue weighted by atomic mass is 10.4. The first-order chi connectivity index (χ1) is 11.5. The zero-order valence-corrected chi connectivity index (χ0v) is 16.5. The molecule has 1 aromatic heterocycles. The smallest absolute Gasteiger partial charge is 0.391 e. The van der Waals surface area contributed by atoms with Gasteiger partial charge >= 0.3 is 8.80 Å². The van der Waals surface area contributed by atoms with Gasteiger partial charge in [0.15, 0.2) is 0 Å². The summed E-state index contributed by atoms with van der Waals surface area (Å²) in [6.45, 7) is 11.3. The van der Waals surface area contributed by atoms with Crippen LogP contribution in [-0.4, -0.2) is 56.0 Å². The van der Waals surface area contributed by atoms with Gasteiger partial charge in [0.1, 0.15) is 6.23 Å². The van der Waals surface area contributed by atoms with Crippen molar-refractivity contribution >= 4 is 8.80 Å². The summed E-state index contributed by atoms with van der Waals surface area (Å²) in [5, 5.41) is 10.4. The van der Waals surface area contributed by atoms with Crippen LogP contribution in [0, 0.1) is 6.92 Å². The Balaban J connectivity index is 2.62. The molecule has 8 heteroatoms. The van der Waals surface area contributed by atoms with Crippen molar-refractivity contribution in [3.8, 4) is 0 Å². The van der Waals surface area contributed by atoms with Gasteiger partial charge in [0.05, 0.1) is 24.7 Å². The van der Waals surface area contributed by atoms with Crippen molar-refractivity contribution in [2.45, 2.75) is 59.4 Å². The van der Waals surface area contributed by atoms with E-state index in [0.29, 0.717) is 25.9 Å². The van der Waals surface area contributed by atoms with Crippen LogP contribution < -0.4 is 0 Å². The van der Waals surface area contributed by atoms with Gasteiger partial charge in [-0.05, 0) is 34.1 Å². The third kappa shape index (κ3) is 6.62. The van der Waals surface area contributed by atoms with E-state index in [2.05, 4.69) is 4.98 Å². The third-order valence-electron chi connectivity index (χ3n) is 3.47. The number of hydrogen-bond donors (Lipinski definition) is 1. The Bertz CT molecular complexity index is 440. The van der Waals surface area contributed by atoms with E-state index in [4.69, 9.17) is 18.0 Å². The molecule has 0 aliphatic rings. The van der Waals surface area contributed by atoms with E-state index in [1.807, 2.05) is 45.4 Å². The van der Waals surface area contributed by atoms with Gasteiger partial charge in [0, 0.05) is 32.1 Å². The van der Waals surface area contributed by atoms with E-state index in [0.717, 1.165) is 12.1 Å². The van der Waals surface area contributed by atoms with Crippen LogP contribution >= 0.6 is 0 Å². The molecule has 0 aliphatic heterocycles. The highest BCUT2D eigenvalue weighted by molar-refractivity contribution is 6.60. The lowest BCUT2D eigenvalue weighted by Gasteiger charge is -2.30. The molecular weight excluding hydrogens is 328 g/mol. The fourth-order valence-corrected chi connectivity index (χ4v) is 5.16. The second-order valence-corrected chi connectivity index (χ2v) is 8.14. The molecule has 0 radical (unpaired) electrons. The fraction of sp³-hybridized carbons (Fsp3) is 0.812. The summed E-state index contributed by atoms with van der Waals surface area (Å²) in [6, 6.07) is 0.321. The van der Waals surface area contributed by atoms with Crippen LogP contribution in [0.25, 0.3) is 0 Å². The summed E-state index contributed by atoms with van der Waals surface area (Å²) in [6.07, 6.45) is 3.60. The molecular formula is C16H32N2O5Si. The van der Waals surface area contributed by atoms with Gasteiger partial charge in [-0.3, -0.25) is 0 Å². The van der Waals surface area contributed by atoms with Crippen LogP contribution in [0.2, 0.25) is 6.04 Å². The minimum Gasteiger partial charge on any atom is -0.391 e. The molecule has 2 unspecified atom stereocenters. The number of aryl methyl sites for hydroxylation is 1. The van der Waals surface area contributed by atoms with Gasteiger partial charge in [-0.15, -0.1) is 0 Å². The van der Waals surface area contributed by atoms with Crippen LogP contribution in [0.4, 0.5) is 0 Å². The zero-order chi connectivity index (χ0) is 18.0. The molecule has 0 bridgehead atoms. The van der Waals surface area contributed by atoms with Gasteiger partial charge in [-0.25, -0.2) is 4.98 Å². The third-order valence-corrected chi connectivity index (χ3v) is 6.63. The molecule has 0 saturated heterocycles. The largest absolute Gasteiger partial charge is 0.503 e. The lowest BCUT2D eigenvalue weighted by Crippen LogP contribution is -2.49. The van der Waals surface area contributed by atoms with Crippen molar-refractivity contribution in [2.75, 3.05) is 26.4 Å². The van der Waals surface area contributed by atoms with Crippen molar-refractivity contribution < 1.29 is 23.1 Å². The van der Waals surface area contributed by atoms with Crippen LogP contribution in [0.5, 0.6) is 0 Å². The average molecular weight is 361 g/mol. The minimum absolute atomic E-state index is 0.150. The van der Waals surface area contributed by atoms with Crippen LogP contribution in [0.3, 0.4) is 0 Å². The van der Waals surface area contributed by atoms with Crippen molar-refractivity contribution in [1.29, 1.82) is 0 Å². The Morgan fingerprint density at radius 3 is 2.12 bits per heavy atom. The first kappa shape index (κ1) is 21.3. The Morgan fingerprint density at radius 1 is 1.12 bits per heavy atom. The summed E-state index contributed by atoms with van der Waals surface area (Å²) in [5.74, 6) is 0. The molecule has 0 aromatic carbocycles. The Morgan fingerprint density at radius 2 is 1.71 bits per heavy atom. The highest BCUT2D eigenvalue weighted by atomic mass is 28.4. The normalized spacial score (nSPS) is 14.8. The molecule has 0 saturated carbocycles. The van der Waals surface area contributed by atoms with E-state index >= 15 is 0 Å². The molecule has 0 fully saturated rings. The van der Waals surface area contributed by atoms with E-state index < -0.39 is 14.9 Å². The molecule has 7 nitrogen and oxygen atoms in total. The van der Waals surface area contributed by atoms with Gasteiger partial charge in [-0.1, -0.05) is 6.92 Å². The molecule has 0 aliphatic carbocycles. The predicted octanol–water partition coefficient (Wildman–Crippen LogP) is 2.53. The molecule has 0 amide bonds. The highest BCUT2D eigenvalue weighted by Gasteiger charge is 2.42. The SMILES string of the molecule is CCO[Si](CC(O)COC(CC)n1cnc(C)c1)(OCC)OCC. The quantitative estimate of drug-likeness (QED) is 0.545. The van der Waals surface area contributed by atoms with Gasteiger partial charge < -0.3 is 27.7 Å². The van der Waals surface area contributed by atoms with Crippen LogP contribution in [0.1, 0.15) is 46.0 Å². The topological polar surface area (TPSA) is 75.0 Å². The van der Waals surface area contributed by atoms with Gasteiger partial charge in [-0.2, -0.15) is 0 Å². The van der Waals surface area contributed by atoms with Crippen LogP contribution in [0.15, 0.2) is 12.5 Å². The summed E-state index contributed by atoms with van der Waals surface area (Å²) in [5.41, 5.74) is 0.938. The monoisotopic (exact) mass is 360 g/mol. The molecule has 1 rings (SSSR count). The van der Waals surface area contributed by atoms with Crippen molar-refractivity contribution in [3.63, 3.8) is 0 Å². The maximum absolute atomic E-state index is 10.4. The number of rotatable bonds is 13. The number of aliphatic hydroxyl groups is 1. The van der Waals surface area contributed by atoms with Crippen molar-refractivity contribution in [2.24, 2.45) is 0 Å². The van der Waals surface area contributed by atoms with Crippen molar-refractivity contribution in [3.05, 3.63) is 18.2 Å². The first-order valence-electron chi connectivity index (χ1n) is 8.71. The molecule has 1 N–H and O–H groups in total. The standard InChI is InChI=1S/C16H32N2O5Si/c1-6-16(18-10-14(5)17-13-18)20-11-15(19)12-24(21-7-2,22-8-3)23-9-4/h10,13,15-16,19H,6-9,11-12H2,1-5H3. The maximum Gasteiger partial charge on any atom is 0.503 e. The second kappa shape index (κ2) is 11.0. The predicted molar refractivity (Wildman–Crippen MR) is 93.7 cm³/mol. The van der Waals surface area contributed by atoms with Gasteiger partial charge in [0.25, 0.3) is 0 Å². The van der Waals surface area contributed by atoms with Crippen LogP contribution in [-0.2, 0) is 18.0 Å². The van der Waals surface area contributed by atoms with E-state index in [-0.39, 0.29) is 12.8 Å². The van der Waals surface area contributed by atoms with E-state index in [1.54, 1.807) is 6.33 Å². The summed E-state index contributed by atoms with van der Waals surface area (Å²) in [7, 11) is -2.87. The number of aromatic nitrogens is 2. The first-order valence-corrected chi connectivity index (χ1v) is 10.6. The zero-order valence-electron chi connectivity index (χ0n) is 15.5. The van der Waals surface area contributed by atoms with Crippen molar-refractivity contribution in [1.82, 2.24) is 9.55 Å². The molecule has 24 heavy (non-hydrogen) atoms. The lowest BCUT2D eigenvalue weighted by molar-refractivity contribution is -0.0468. The Labute approximate surface area is 146 Å². The number of aliphatic hydroxyl groups excluding tert-OH is 1.